The highest BCUT2D eigenvalue weighted by molar-refractivity contribution is 6.02. The van der Waals surface area contributed by atoms with Gasteiger partial charge in [0.2, 0.25) is 0 Å². The number of hydrogen-bond acceptors (Lipinski definition) is 4. The molecule has 136 valence electrons. The van der Waals surface area contributed by atoms with Gasteiger partial charge in [0.1, 0.15) is 17.2 Å². The first kappa shape index (κ1) is 18.2. The maximum Gasteiger partial charge on any atom is 0.352 e. The average molecular weight is 363 g/mol. The van der Waals surface area contributed by atoms with E-state index in [0.717, 1.165) is 11.1 Å². The fraction of sp³-hybridized carbons (Fsp3) is 0.0476. The van der Waals surface area contributed by atoms with Crippen molar-refractivity contribution >= 4 is 18.0 Å². The number of aliphatic hydroxyl groups is 1. The minimum atomic E-state index is -1.27. The van der Waals surface area contributed by atoms with Crippen molar-refractivity contribution in [3.8, 4) is 11.3 Å². The molecular formula is C21H17NO5. The van der Waals surface area contributed by atoms with E-state index in [0.29, 0.717) is 17.1 Å². The fourth-order valence-corrected chi connectivity index (χ4v) is 2.44. The second kappa shape index (κ2) is 8.16. The normalized spacial score (nSPS) is 11.2. The van der Waals surface area contributed by atoms with E-state index < -0.39 is 11.9 Å². The number of aliphatic carboxylic acids is 1. The third kappa shape index (κ3) is 4.50. The number of carboxylic acid groups (broad SMARTS) is 1. The largest absolute Gasteiger partial charge is 0.477 e. The van der Waals surface area contributed by atoms with Gasteiger partial charge in [-0.05, 0) is 29.8 Å². The maximum absolute atomic E-state index is 12.2. The maximum atomic E-state index is 12.2. The van der Waals surface area contributed by atoms with Crippen molar-refractivity contribution in [3.05, 3.63) is 89.3 Å². The first-order valence-corrected chi connectivity index (χ1v) is 8.18. The van der Waals surface area contributed by atoms with E-state index in [1.165, 1.54) is 6.08 Å². The summed E-state index contributed by atoms with van der Waals surface area (Å²) in [6.45, 7) is -0.0461. The molecule has 1 heterocycles. The summed E-state index contributed by atoms with van der Waals surface area (Å²) in [5.74, 6) is -0.952. The van der Waals surface area contributed by atoms with Crippen molar-refractivity contribution in [1.29, 1.82) is 0 Å². The van der Waals surface area contributed by atoms with Crippen LogP contribution in [0.1, 0.15) is 21.7 Å². The Labute approximate surface area is 155 Å². The molecule has 0 saturated carbocycles. The summed E-state index contributed by atoms with van der Waals surface area (Å²) >= 11 is 0. The first-order chi connectivity index (χ1) is 13.1. The molecule has 0 aliphatic heterocycles. The lowest BCUT2D eigenvalue weighted by molar-refractivity contribution is -0.132. The van der Waals surface area contributed by atoms with Crippen LogP contribution >= 0.6 is 0 Å². The van der Waals surface area contributed by atoms with E-state index in [2.05, 4.69) is 5.32 Å². The Bertz CT molecular complexity index is 971. The molecule has 3 N–H and O–H groups in total. The van der Waals surface area contributed by atoms with Crippen LogP contribution in [-0.2, 0) is 11.4 Å². The van der Waals surface area contributed by atoms with Crippen LogP contribution in [0.2, 0.25) is 0 Å². The van der Waals surface area contributed by atoms with E-state index in [9.17, 15) is 14.7 Å². The Hall–Kier alpha value is -3.64. The molecule has 0 aliphatic rings. The van der Waals surface area contributed by atoms with Crippen molar-refractivity contribution < 1.29 is 24.2 Å². The molecule has 6 heteroatoms. The number of aliphatic hydroxyl groups excluding tert-OH is 1. The van der Waals surface area contributed by atoms with Gasteiger partial charge in [-0.3, -0.25) is 4.79 Å². The number of furan rings is 1. The number of hydrogen-bond donors (Lipinski definition) is 3. The highest BCUT2D eigenvalue weighted by Gasteiger charge is 2.14. The van der Waals surface area contributed by atoms with Gasteiger partial charge in [0.05, 0.1) is 6.61 Å². The van der Waals surface area contributed by atoms with Crippen LogP contribution in [0.3, 0.4) is 0 Å². The lowest BCUT2D eigenvalue weighted by Gasteiger charge is -2.05. The molecule has 0 atom stereocenters. The topological polar surface area (TPSA) is 99.8 Å². The zero-order chi connectivity index (χ0) is 19.2. The van der Waals surface area contributed by atoms with Gasteiger partial charge in [-0.2, -0.15) is 0 Å². The molecule has 27 heavy (non-hydrogen) atoms. The summed E-state index contributed by atoms with van der Waals surface area (Å²) in [6.07, 6.45) is 1.26. The van der Waals surface area contributed by atoms with Gasteiger partial charge in [0.25, 0.3) is 5.91 Å². The highest BCUT2D eigenvalue weighted by atomic mass is 16.4. The molecule has 3 rings (SSSR count). The molecule has 6 nitrogen and oxygen atoms in total. The lowest BCUT2D eigenvalue weighted by atomic mass is 10.1. The zero-order valence-corrected chi connectivity index (χ0v) is 14.3. The van der Waals surface area contributed by atoms with Crippen LogP contribution in [0.4, 0.5) is 0 Å². The summed E-state index contributed by atoms with van der Waals surface area (Å²) in [6, 6.07) is 18.8. The Morgan fingerprint density at radius 1 is 0.963 bits per heavy atom. The molecular weight excluding hydrogens is 346 g/mol. The van der Waals surface area contributed by atoms with E-state index >= 15 is 0 Å². The van der Waals surface area contributed by atoms with Gasteiger partial charge in [0, 0.05) is 17.2 Å². The summed E-state index contributed by atoms with van der Waals surface area (Å²) in [5.41, 5.74) is 1.63. The van der Waals surface area contributed by atoms with Crippen molar-refractivity contribution in [2.75, 3.05) is 0 Å². The second-order valence-corrected chi connectivity index (χ2v) is 5.74. The average Bonchev–Trinajstić information content (AvgIpc) is 3.16. The second-order valence-electron chi connectivity index (χ2n) is 5.74. The molecule has 0 aliphatic carbocycles. The zero-order valence-electron chi connectivity index (χ0n) is 14.3. The predicted molar refractivity (Wildman–Crippen MR) is 99.6 cm³/mol. The van der Waals surface area contributed by atoms with Gasteiger partial charge in [0.15, 0.2) is 0 Å². The number of nitrogens with one attached hydrogen (secondary N) is 1. The van der Waals surface area contributed by atoms with Crippen molar-refractivity contribution in [2.45, 2.75) is 6.61 Å². The van der Waals surface area contributed by atoms with E-state index in [-0.39, 0.29) is 12.3 Å². The quantitative estimate of drug-likeness (QED) is 0.584. The number of carbonyl (C=O) groups is 2. The molecule has 0 radical (unpaired) electrons. The van der Waals surface area contributed by atoms with Crippen molar-refractivity contribution in [1.82, 2.24) is 5.32 Å². The molecule has 2 aromatic carbocycles. The third-order valence-electron chi connectivity index (χ3n) is 3.85. The molecule has 0 saturated heterocycles. The van der Waals surface area contributed by atoms with Crippen LogP contribution in [0.15, 0.2) is 76.8 Å². The minimum Gasteiger partial charge on any atom is -0.477 e. The lowest BCUT2D eigenvalue weighted by Crippen LogP contribution is -2.27. The molecule has 0 bridgehead atoms. The van der Waals surface area contributed by atoms with Crippen molar-refractivity contribution in [2.24, 2.45) is 0 Å². The summed E-state index contributed by atoms with van der Waals surface area (Å²) in [7, 11) is 0. The van der Waals surface area contributed by atoms with E-state index in [1.807, 2.05) is 0 Å². The van der Waals surface area contributed by atoms with Crippen molar-refractivity contribution in [3.63, 3.8) is 0 Å². The summed E-state index contributed by atoms with van der Waals surface area (Å²) in [4.78, 5) is 23.6. The van der Waals surface area contributed by atoms with Gasteiger partial charge in [-0.1, -0.05) is 42.5 Å². The van der Waals surface area contributed by atoms with Crippen LogP contribution in [0.5, 0.6) is 0 Å². The third-order valence-corrected chi connectivity index (χ3v) is 3.85. The Morgan fingerprint density at radius 3 is 2.30 bits per heavy atom. The smallest absolute Gasteiger partial charge is 0.352 e. The van der Waals surface area contributed by atoms with Crippen LogP contribution in [0, 0.1) is 0 Å². The molecule has 1 amide bonds. The number of carbonyl (C=O) groups excluding carboxylic acids is 1. The van der Waals surface area contributed by atoms with Crippen LogP contribution in [0.25, 0.3) is 17.4 Å². The highest BCUT2D eigenvalue weighted by Crippen LogP contribution is 2.23. The van der Waals surface area contributed by atoms with Gasteiger partial charge in [-0.25, -0.2) is 4.79 Å². The number of carboxylic acids is 1. The monoisotopic (exact) mass is 363 g/mol. The minimum absolute atomic E-state index is 0.0461. The Morgan fingerprint density at radius 2 is 1.67 bits per heavy atom. The molecule has 0 unspecified atom stereocenters. The molecule has 3 aromatic rings. The van der Waals surface area contributed by atoms with Gasteiger partial charge in [-0.15, -0.1) is 0 Å². The number of amides is 1. The van der Waals surface area contributed by atoms with Crippen LogP contribution in [-0.4, -0.2) is 22.1 Å². The Kier molecular flexibility index (Phi) is 5.49. The summed E-state index contributed by atoms with van der Waals surface area (Å²) in [5, 5.41) is 20.8. The van der Waals surface area contributed by atoms with Crippen LogP contribution < -0.4 is 5.32 Å². The molecule has 0 spiro atoms. The standard InChI is InChI=1S/C21H17NO5/c23-13-14-6-8-15(9-7-14)19-11-10-17(27-19)12-18(21(25)26)22-20(24)16-4-2-1-3-5-16/h1-12,23H,13H2,(H,22,24)(H,25,26)/b18-12+. The van der Waals surface area contributed by atoms with Gasteiger partial charge >= 0.3 is 5.97 Å². The van der Waals surface area contributed by atoms with E-state index in [1.54, 1.807) is 66.7 Å². The number of benzene rings is 2. The number of rotatable bonds is 6. The van der Waals surface area contributed by atoms with Gasteiger partial charge < -0.3 is 19.9 Å². The fourth-order valence-electron chi connectivity index (χ4n) is 2.44. The summed E-state index contributed by atoms with van der Waals surface area (Å²) < 4.78 is 5.66. The SMILES string of the molecule is O=C(O)/C(=C\c1ccc(-c2ccc(CO)cc2)o1)NC(=O)c1ccccc1. The first-order valence-electron chi connectivity index (χ1n) is 8.18. The molecule has 1 aromatic heterocycles. The molecule has 0 fully saturated rings. The Balaban J connectivity index is 1.81. The predicted octanol–water partition coefficient (Wildman–Crippen LogP) is 3.29. The van der Waals surface area contributed by atoms with E-state index in [4.69, 9.17) is 9.52 Å².